The second-order valence-corrected chi connectivity index (χ2v) is 8.97. The SMILES string of the molecule is CCNC(=NCc1ccc(CN2CCC(O)CC2)cc1)NCC1(CCOC)CCC1.I. The van der Waals surface area contributed by atoms with Gasteiger partial charge in [-0.2, -0.15) is 0 Å². The van der Waals surface area contributed by atoms with Crippen molar-refractivity contribution >= 4 is 29.9 Å². The fourth-order valence-electron chi connectivity index (χ4n) is 4.38. The van der Waals surface area contributed by atoms with Gasteiger partial charge in [0.1, 0.15) is 0 Å². The van der Waals surface area contributed by atoms with Gasteiger partial charge in [-0.1, -0.05) is 30.7 Å². The average molecular weight is 545 g/mol. The maximum Gasteiger partial charge on any atom is 0.191 e. The summed E-state index contributed by atoms with van der Waals surface area (Å²) in [6, 6.07) is 8.80. The topological polar surface area (TPSA) is 69.1 Å². The molecule has 0 radical (unpaired) electrons. The van der Waals surface area contributed by atoms with Crippen LogP contribution in [-0.4, -0.2) is 62.0 Å². The van der Waals surface area contributed by atoms with Gasteiger partial charge in [-0.05, 0) is 55.6 Å². The third-order valence-corrected chi connectivity index (χ3v) is 6.63. The molecule has 31 heavy (non-hydrogen) atoms. The van der Waals surface area contributed by atoms with Gasteiger partial charge in [0.25, 0.3) is 0 Å². The minimum absolute atomic E-state index is 0. The maximum atomic E-state index is 9.65. The summed E-state index contributed by atoms with van der Waals surface area (Å²) >= 11 is 0. The molecule has 1 heterocycles. The molecule has 2 aliphatic rings. The van der Waals surface area contributed by atoms with Gasteiger partial charge in [-0.3, -0.25) is 4.90 Å². The van der Waals surface area contributed by atoms with Crippen molar-refractivity contribution in [2.24, 2.45) is 10.4 Å². The molecule has 1 aliphatic carbocycles. The molecule has 0 atom stereocenters. The minimum Gasteiger partial charge on any atom is -0.393 e. The van der Waals surface area contributed by atoms with E-state index in [1.807, 2.05) is 0 Å². The number of ether oxygens (including phenoxy) is 1. The first kappa shape index (κ1) is 26.4. The van der Waals surface area contributed by atoms with Gasteiger partial charge in [0, 0.05) is 46.4 Å². The third-order valence-electron chi connectivity index (χ3n) is 6.63. The summed E-state index contributed by atoms with van der Waals surface area (Å²) < 4.78 is 5.31. The Labute approximate surface area is 205 Å². The van der Waals surface area contributed by atoms with E-state index in [1.54, 1.807) is 7.11 Å². The fraction of sp³-hybridized carbons (Fsp3) is 0.708. The second-order valence-electron chi connectivity index (χ2n) is 8.97. The molecule has 0 unspecified atom stereocenters. The lowest BCUT2D eigenvalue weighted by atomic mass is 9.67. The normalized spacial score (nSPS) is 19.4. The lowest BCUT2D eigenvalue weighted by molar-refractivity contribution is 0.0732. The number of nitrogens with zero attached hydrogens (tertiary/aromatic N) is 2. The molecule has 0 aromatic heterocycles. The van der Waals surface area contributed by atoms with E-state index in [4.69, 9.17) is 9.73 Å². The zero-order chi connectivity index (χ0) is 21.2. The molecule has 7 heteroatoms. The molecule has 176 valence electrons. The highest BCUT2D eigenvalue weighted by molar-refractivity contribution is 14.0. The van der Waals surface area contributed by atoms with Crippen LogP contribution in [0.3, 0.4) is 0 Å². The molecule has 3 rings (SSSR count). The van der Waals surface area contributed by atoms with Crippen LogP contribution in [-0.2, 0) is 17.8 Å². The summed E-state index contributed by atoms with van der Waals surface area (Å²) in [5, 5.41) is 16.6. The number of halogens is 1. The third kappa shape index (κ3) is 8.51. The number of guanidine groups is 1. The molecular formula is C24H41IN4O2. The highest BCUT2D eigenvalue weighted by atomic mass is 127. The van der Waals surface area contributed by atoms with Crippen molar-refractivity contribution in [2.45, 2.75) is 64.6 Å². The van der Waals surface area contributed by atoms with Gasteiger partial charge in [0.2, 0.25) is 0 Å². The highest BCUT2D eigenvalue weighted by Crippen LogP contribution is 2.43. The summed E-state index contributed by atoms with van der Waals surface area (Å²) in [6.07, 6.45) is 6.66. The molecule has 0 bridgehead atoms. The van der Waals surface area contributed by atoms with Crippen LogP contribution in [0.2, 0.25) is 0 Å². The molecule has 0 amide bonds. The molecular weight excluding hydrogens is 503 g/mol. The lowest BCUT2D eigenvalue weighted by Crippen LogP contribution is -2.46. The van der Waals surface area contributed by atoms with Crippen molar-refractivity contribution in [2.75, 3.05) is 39.9 Å². The maximum absolute atomic E-state index is 9.65. The molecule has 1 aromatic carbocycles. The number of aliphatic hydroxyl groups excluding tert-OH is 1. The van der Waals surface area contributed by atoms with Crippen LogP contribution in [0, 0.1) is 5.41 Å². The molecule has 1 aliphatic heterocycles. The largest absolute Gasteiger partial charge is 0.393 e. The number of aliphatic hydroxyl groups is 1. The molecule has 3 N–H and O–H groups in total. The first-order valence-corrected chi connectivity index (χ1v) is 11.6. The van der Waals surface area contributed by atoms with Crippen LogP contribution in [0.4, 0.5) is 0 Å². The molecule has 2 fully saturated rings. The summed E-state index contributed by atoms with van der Waals surface area (Å²) in [5.41, 5.74) is 2.93. The van der Waals surface area contributed by atoms with E-state index in [-0.39, 0.29) is 30.1 Å². The zero-order valence-electron chi connectivity index (χ0n) is 19.2. The van der Waals surface area contributed by atoms with Crippen LogP contribution in [0.5, 0.6) is 0 Å². The van der Waals surface area contributed by atoms with Crippen molar-refractivity contribution in [3.8, 4) is 0 Å². The van der Waals surface area contributed by atoms with Crippen molar-refractivity contribution < 1.29 is 9.84 Å². The van der Waals surface area contributed by atoms with E-state index in [9.17, 15) is 5.11 Å². The molecule has 6 nitrogen and oxygen atoms in total. The number of nitrogens with one attached hydrogen (secondary N) is 2. The lowest BCUT2D eigenvalue weighted by Gasteiger charge is -2.42. The highest BCUT2D eigenvalue weighted by Gasteiger charge is 2.36. The minimum atomic E-state index is -0.111. The smallest absolute Gasteiger partial charge is 0.191 e. The van der Waals surface area contributed by atoms with Crippen LogP contribution >= 0.6 is 24.0 Å². The van der Waals surface area contributed by atoms with Crippen LogP contribution in [0.15, 0.2) is 29.3 Å². The van der Waals surface area contributed by atoms with Gasteiger partial charge >= 0.3 is 0 Å². The number of aliphatic imine (C=N–C) groups is 1. The van der Waals surface area contributed by atoms with Crippen molar-refractivity contribution in [3.63, 3.8) is 0 Å². The Bertz CT molecular complexity index is 656. The van der Waals surface area contributed by atoms with E-state index < -0.39 is 0 Å². The van der Waals surface area contributed by atoms with Gasteiger partial charge in [0.15, 0.2) is 5.96 Å². The number of likely N-dealkylation sites (tertiary alicyclic amines) is 1. The first-order chi connectivity index (χ1) is 14.6. The second kappa shape index (κ2) is 13.6. The summed E-state index contributed by atoms with van der Waals surface area (Å²) in [5.74, 6) is 0.900. The average Bonchev–Trinajstić information content (AvgIpc) is 2.73. The Hall–Kier alpha value is -0.900. The van der Waals surface area contributed by atoms with Gasteiger partial charge in [-0.25, -0.2) is 4.99 Å². The Morgan fingerprint density at radius 1 is 1.16 bits per heavy atom. The zero-order valence-corrected chi connectivity index (χ0v) is 21.6. The number of hydrogen-bond donors (Lipinski definition) is 3. The number of rotatable bonds is 10. The predicted molar refractivity (Wildman–Crippen MR) is 138 cm³/mol. The number of methoxy groups -OCH3 is 1. The van der Waals surface area contributed by atoms with Crippen molar-refractivity contribution in [1.29, 1.82) is 0 Å². The van der Waals surface area contributed by atoms with E-state index in [0.29, 0.717) is 12.0 Å². The Morgan fingerprint density at radius 2 is 1.84 bits per heavy atom. The quantitative estimate of drug-likeness (QED) is 0.239. The van der Waals surface area contributed by atoms with Crippen LogP contribution in [0.1, 0.15) is 56.6 Å². The Morgan fingerprint density at radius 3 is 2.42 bits per heavy atom. The van der Waals surface area contributed by atoms with E-state index in [2.05, 4.69) is 46.7 Å². The van der Waals surface area contributed by atoms with Crippen molar-refractivity contribution in [1.82, 2.24) is 15.5 Å². The summed E-state index contributed by atoms with van der Waals surface area (Å²) in [4.78, 5) is 7.23. The monoisotopic (exact) mass is 544 g/mol. The van der Waals surface area contributed by atoms with Crippen LogP contribution < -0.4 is 10.6 Å². The number of benzene rings is 1. The van der Waals surface area contributed by atoms with Crippen molar-refractivity contribution in [3.05, 3.63) is 35.4 Å². The Kier molecular flexibility index (Phi) is 11.6. The van der Waals surface area contributed by atoms with Gasteiger partial charge in [-0.15, -0.1) is 24.0 Å². The van der Waals surface area contributed by atoms with Gasteiger partial charge in [0.05, 0.1) is 12.6 Å². The van der Waals surface area contributed by atoms with Gasteiger partial charge < -0.3 is 20.5 Å². The molecule has 1 saturated carbocycles. The van der Waals surface area contributed by atoms with E-state index in [0.717, 1.165) is 64.6 Å². The van der Waals surface area contributed by atoms with E-state index in [1.165, 1.54) is 30.4 Å². The predicted octanol–water partition coefficient (Wildman–Crippen LogP) is 3.52. The van der Waals surface area contributed by atoms with Crippen LogP contribution in [0.25, 0.3) is 0 Å². The number of hydrogen-bond acceptors (Lipinski definition) is 4. The summed E-state index contributed by atoms with van der Waals surface area (Å²) in [7, 11) is 1.79. The fourth-order valence-corrected chi connectivity index (χ4v) is 4.38. The standard InChI is InChI=1S/C24H40N4O2.HI/c1-3-25-23(27-19-24(11-4-12-24)13-16-30-2)26-17-20-5-7-21(8-6-20)18-28-14-9-22(29)10-15-28;/h5-8,22,29H,3-4,9-19H2,1-2H3,(H2,25,26,27);1H. The van der Waals surface area contributed by atoms with E-state index >= 15 is 0 Å². The molecule has 1 saturated heterocycles. The molecule has 0 spiro atoms. The summed E-state index contributed by atoms with van der Waals surface area (Å²) in [6.45, 7) is 8.37. The number of piperidine rings is 1. The first-order valence-electron chi connectivity index (χ1n) is 11.6. The molecule has 1 aromatic rings. The Balaban J connectivity index is 0.00000341.